The van der Waals surface area contributed by atoms with Crippen molar-refractivity contribution in [3.05, 3.63) is 0 Å². The van der Waals surface area contributed by atoms with Crippen LogP contribution in [0.25, 0.3) is 0 Å². The van der Waals surface area contributed by atoms with E-state index in [9.17, 15) is 0 Å². The Balaban J connectivity index is 1.87. The molecule has 0 unspecified atom stereocenters. The van der Waals surface area contributed by atoms with Gasteiger partial charge in [-0.3, -0.25) is 0 Å². The highest BCUT2D eigenvalue weighted by atomic mass is 14.7. The number of fused-ring (bicyclic) bond motifs is 1. The van der Waals surface area contributed by atoms with Gasteiger partial charge in [0.2, 0.25) is 0 Å². The van der Waals surface area contributed by atoms with E-state index in [1.807, 2.05) is 0 Å². The molecule has 0 spiro atoms. The average molecular weight is 96.2 g/mol. The Morgan fingerprint density at radius 2 is 2.14 bits per heavy atom. The molecule has 0 radical (unpaired) electrons. The SMILES string of the molecule is CCCC12CC1C2. The minimum absolute atomic E-state index is 0.967. The van der Waals surface area contributed by atoms with Crippen molar-refractivity contribution >= 4 is 0 Å². The Morgan fingerprint density at radius 1 is 1.57 bits per heavy atom. The Kier molecular flexibility index (Phi) is 0.499. The van der Waals surface area contributed by atoms with Crippen LogP contribution >= 0.6 is 0 Å². The Hall–Kier alpha value is 0. The first-order chi connectivity index (χ1) is 3.37. The predicted molar refractivity (Wildman–Crippen MR) is 30.1 cm³/mol. The molecule has 40 valence electrons. The van der Waals surface area contributed by atoms with Crippen LogP contribution in [0, 0.1) is 11.3 Å². The second-order valence-electron chi connectivity index (χ2n) is 3.22. The molecule has 0 heteroatoms. The standard InChI is InChI=1S/C7H12/c1-2-3-7-4-6(7)5-7/h6H,2-5H2,1H3. The molecule has 0 amide bonds. The molecule has 2 aliphatic carbocycles. The van der Waals surface area contributed by atoms with Gasteiger partial charge in [-0.25, -0.2) is 0 Å². The fourth-order valence-electron chi connectivity index (χ4n) is 1.71. The van der Waals surface area contributed by atoms with Gasteiger partial charge in [0, 0.05) is 0 Å². The molecule has 0 N–H and O–H groups in total. The Labute approximate surface area is 44.9 Å². The van der Waals surface area contributed by atoms with Crippen LogP contribution in [0.15, 0.2) is 0 Å². The predicted octanol–water partition coefficient (Wildman–Crippen LogP) is 2.20. The summed E-state index contributed by atoms with van der Waals surface area (Å²) in [5.41, 5.74) is 0.967. The van der Waals surface area contributed by atoms with Gasteiger partial charge in [0.25, 0.3) is 0 Å². The Bertz CT molecular complexity index is 88.2. The lowest BCUT2D eigenvalue weighted by atomic mass is 10.1. The monoisotopic (exact) mass is 96.1 g/mol. The van der Waals surface area contributed by atoms with Crippen LogP contribution in [-0.2, 0) is 0 Å². The zero-order chi connectivity index (χ0) is 4.91. The lowest BCUT2D eigenvalue weighted by Crippen LogP contribution is -1.81. The van der Waals surface area contributed by atoms with E-state index in [1.165, 1.54) is 18.8 Å². The summed E-state index contributed by atoms with van der Waals surface area (Å²) in [6, 6.07) is 0. The lowest BCUT2D eigenvalue weighted by Gasteiger charge is -1.94. The van der Waals surface area contributed by atoms with Crippen molar-refractivity contribution in [1.82, 2.24) is 0 Å². The van der Waals surface area contributed by atoms with Crippen molar-refractivity contribution in [2.24, 2.45) is 11.3 Å². The molecule has 7 heavy (non-hydrogen) atoms. The maximum absolute atomic E-state index is 2.29. The zero-order valence-electron chi connectivity index (χ0n) is 4.91. The smallest absolute Gasteiger partial charge is 0.0263 e. The first-order valence-electron chi connectivity index (χ1n) is 3.37. The maximum atomic E-state index is 2.29. The van der Waals surface area contributed by atoms with Crippen molar-refractivity contribution < 1.29 is 0 Å². The molecule has 0 atom stereocenters. The maximum Gasteiger partial charge on any atom is -0.0263 e. The molecule has 0 heterocycles. The Morgan fingerprint density at radius 3 is 2.29 bits per heavy atom. The summed E-state index contributed by atoms with van der Waals surface area (Å²) < 4.78 is 0. The summed E-state index contributed by atoms with van der Waals surface area (Å²) in [4.78, 5) is 0. The van der Waals surface area contributed by atoms with Gasteiger partial charge in [0.15, 0.2) is 0 Å². The molecule has 0 bridgehead atoms. The first-order valence-corrected chi connectivity index (χ1v) is 3.37. The van der Waals surface area contributed by atoms with Gasteiger partial charge in [-0.05, 0) is 30.6 Å². The van der Waals surface area contributed by atoms with E-state index in [4.69, 9.17) is 0 Å². The van der Waals surface area contributed by atoms with Gasteiger partial charge in [0.1, 0.15) is 0 Å². The third-order valence-electron chi connectivity index (χ3n) is 2.60. The summed E-state index contributed by atoms with van der Waals surface area (Å²) in [5, 5.41) is 0. The summed E-state index contributed by atoms with van der Waals surface area (Å²) in [6.45, 7) is 2.29. The number of rotatable bonds is 2. The number of hydrogen-bond acceptors (Lipinski definition) is 0. The van der Waals surface area contributed by atoms with E-state index in [0.717, 1.165) is 5.41 Å². The molecule has 2 fully saturated rings. The van der Waals surface area contributed by atoms with Gasteiger partial charge in [-0.1, -0.05) is 13.3 Å². The molecular formula is C7H12. The molecule has 0 aliphatic heterocycles. The van der Waals surface area contributed by atoms with Crippen molar-refractivity contribution in [3.63, 3.8) is 0 Å². The van der Waals surface area contributed by atoms with Gasteiger partial charge in [0.05, 0.1) is 0 Å². The highest BCUT2D eigenvalue weighted by Gasteiger charge is 2.67. The van der Waals surface area contributed by atoms with Gasteiger partial charge >= 0.3 is 0 Å². The van der Waals surface area contributed by atoms with Gasteiger partial charge in [-0.2, -0.15) is 0 Å². The van der Waals surface area contributed by atoms with Crippen LogP contribution in [0.2, 0.25) is 0 Å². The number of hydrogen-bond donors (Lipinski definition) is 0. The quantitative estimate of drug-likeness (QED) is 0.494. The molecule has 0 saturated heterocycles. The summed E-state index contributed by atoms with van der Waals surface area (Å²) in [5.74, 6) is 1.22. The normalized spacial score (nSPS) is 53.6. The highest BCUT2D eigenvalue weighted by Crippen LogP contribution is 2.77. The van der Waals surface area contributed by atoms with E-state index in [1.54, 1.807) is 12.8 Å². The van der Waals surface area contributed by atoms with Crippen molar-refractivity contribution in [2.45, 2.75) is 32.6 Å². The fraction of sp³-hybridized carbons (Fsp3) is 1.00. The van der Waals surface area contributed by atoms with Crippen LogP contribution in [-0.4, -0.2) is 0 Å². The molecule has 0 aromatic heterocycles. The lowest BCUT2D eigenvalue weighted by molar-refractivity contribution is 0.575. The van der Waals surface area contributed by atoms with E-state index in [2.05, 4.69) is 6.92 Å². The highest BCUT2D eigenvalue weighted by molar-refractivity contribution is 5.17. The minimum atomic E-state index is 0.967. The molecule has 2 rings (SSSR count). The average Bonchev–Trinajstić information content (AvgIpc) is 2.22. The van der Waals surface area contributed by atoms with Crippen LogP contribution in [0.3, 0.4) is 0 Å². The molecule has 0 nitrogen and oxygen atoms in total. The molecule has 0 aromatic rings. The van der Waals surface area contributed by atoms with Crippen molar-refractivity contribution in [1.29, 1.82) is 0 Å². The summed E-state index contributed by atoms with van der Waals surface area (Å²) in [6.07, 6.45) is 6.11. The second-order valence-corrected chi connectivity index (χ2v) is 3.22. The molecule has 2 aliphatic rings. The molecule has 2 saturated carbocycles. The second kappa shape index (κ2) is 0.888. The zero-order valence-corrected chi connectivity index (χ0v) is 4.91. The van der Waals surface area contributed by atoms with Crippen molar-refractivity contribution in [3.8, 4) is 0 Å². The van der Waals surface area contributed by atoms with Gasteiger partial charge in [-0.15, -0.1) is 0 Å². The molecule has 0 aromatic carbocycles. The first kappa shape index (κ1) is 3.94. The van der Waals surface area contributed by atoms with E-state index in [-0.39, 0.29) is 0 Å². The summed E-state index contributed by atoms with van der Waals surface area (Å²) >= 11 is 0. The summed E-state index contributed by atoms with van der Waals surface area (Å²) in [7, 11) is 0. The van der Waals surface area contributed by atoms with E-state index in [0.29, 0.717) is 0 Å². The third kappa shape index (κ3) is 0.375. The fourth-order valence-corrected chi connectivity index (χ4v) is 1.71. The van der Waals surface area contributed by atoms with Crippen LogP contribution in [0.4, 0.5) is 0 Å². The third-order valence-corrected chi connectivity index (χ3v) is 2.60. The van der Waals surface area contributed by atoms with E-state index >= 15 is 0 Å². The largest absolute Gasteiger partial charge is 0.0654 e. The van der Waals surface area contributed by atoms with Crippen molar-refractivity contribution in [2.75, 3.05) is 0 Å². The van der Waals surface area contributed by atoms with Crippen LogP contribution < -0.4 is 0 Å². The molecular weight excluding hydrogens is 84.1 g/mol. The topological polar surface area (TPSA) is 0 Å². The minimum Gasteiger partial charge on any atom is -0.0654 e. The van der Waals surface area contributed by atoms with E-state index < -0.39 is 0 Å². The van der Waals surface area contributed by atoms with Gasteiger partial charge < -0.3 is 0 Å². The van der Waals surface area contributed by atoms with Crippen LogP contribution in [0.1, 0.15) is 32.6 Å². The van der Waals surface area contributed by atoms with Crippen LogP contribution in [0.5, 0.6) is 0 Å².